The van der Waals surface area contributed by atoms with E-state index in [2.05, 4.69) is 25.5 Å². The number of para-hydroxylation sites is 1. The highest BCUT2D eigenvalue weighted by Gasteiger charge is 2.11. The van der Waals surface area contributed by atoms with E-state index in [0.29, 0.717) is 5.78 Å². The van der Waals surface area contributed by atoms with Crippen molar-refractivity contribution in [3.8, 4) is 0 Å². The Hall–Kier alpha value is -3.02. The summed E-state index contributed by atoms with van der Waals surface area (Å²) < 4.78 is 1.94. The summed E-state index contributed by atoms with van der Waals surface area (Å²) in [6.45, 7) is 1.92. The molecule has 4 rings (SSSR count). The zero-order valence-electron chi connectivity index (χ0n) is 11.4. The van der Waals surface area contributed by atoms with E-state index in [1.807, 2.05) is 53.8 Å². The quantitative estimate of drug-likeness (QED) is 0.609. The van der Waals surface area contributed by atoms with Gasteiger partial charge < -0.3 is 5.32 Å². The Morgan fingerprint density at radius 2 is 1.86 bits per heavy atom. The maximum atomic E-state index is 4.56. The number of pyridine rings is 1. The van der Waals surface area contributed by atoms with Crippen LogP contribution < -0.4 is 5.32 Å². The molecule has 21 heavy (non-hydrogen) atoms. The second-order valence-corrected chi connectivity index (χ2v) is 4.70. The molecular formula is C15H12N6. The van der Waals surface area contributed by atoms with Crippen molar-refractivity contribution in [2.24, 2.45) is 0 Å². The van der Waals surface area contributed by atoms with Gasteiger partial charge in [0, 0.05) is 11.6 Å². The van der Waals surface area contributed by atoms with Crippen molar-refractivity contribution in [1.29, 1.82) is 0 Å². The van der Waals surface area contributed by atoms with Gasteiger partial charge in [-0.15, -0.1) is 10.2 Å². The molecule has 1 aromatic carbocycles. The minimum Gasteiger partial charge on any atom is -0.324 e. The number of fused-ring (bicyclic) bond motifs is 3. The molecule has 102 valence electrons. The Balaban J connectivity index is 1.99. The van der Waals surface area contributed by atoms with E-state index in [0.717, 1.165) is 28.4 Å². The van der Waals surface area contributed by atoms with Crippen LogP contribution in [0, 0.1) is 6.92 Å². The zero-order valence-corrected chi connectivity index (χ0v) is 11.4. The Morgan fingerprint density at radius 1 is 1.00 bits per heavy atom. The van der Waals surface area contributed by atoms with Crippen molar-refractivity contribution in [2.45, 2.75) is 6.92 Å². The molecule has 0 amide bonds. The number of hydrogen-bond acceptors (Lipinski definition) is 5. The fourth-order valence-corrected chi connectivity index (χ4v) is 2.39. The minimum absolute atomic E-state index is 0.574. The number of nitrogens with one attached hydrogen (secondary N) is 1. The molecule has 0 aliphatic rings. The molecule has 3 heterocycles. The number of benzene rings is 1. The fourth-order valence-electron chi connectivity index (χ4n) is 2.39. The first-order valence-corrected chi connectivity index (χ1v) is 6.61. The van der Waals surface area contributed by atoms with Gasteiger partial charge in [0.2, 0.25) is 0 Å². The molecular weight excluding hydrogens is 264 g/mol. The molecule has 4 aromatic rings. The molecule has 0 aliphatic carbocycles. The first-order valence-electron chi connectivity index (χ1n) is 6.61. The third-order valence-corrected chi connectivity index (χ3v) is 3.33. The van der Waals surface area contributed by atoms with E-state index in [1.165, 1.54) is 0 Å². The van der Waals surface area contributed by atoms with Crippen molar-refractivity contribution in [3.63, 3.8) is 0 Å². The average molecular weight is 276 g/mol. The van der Waals surface area contributed by atoms with E-state index in [-0.39, 0.29) is 0 Å². The Morgan fingerprint density at radius 3 is 2.71 bits per heavy atom. The summed E-state index contributed by atoms with van der Waals surface area (Å²) in [7, 11) is 0. The standard InChI is InChI=1S/C15H12N6/c1-10-19-20-15-18-14(17-13-8-4-5-9-16-13)11-6-2-3-7-12(11)21(10)15/h2-9H,1H3,(H,16,17,18,20). The molecule has 1 N–H and O–H groups in total. The van der Waals surface area contributed by atoms with Crippen LogP contribution in [0.15, 0.2) is 48.7 Å². The first kappa shape index (κ1) is 11.8. The Labute approximate surface area is 120 Å². The van der Waals surface area contributed by atoms with Crippen LogP contribution in [0.25, 0.3) is 16.7 Å². The predicted molar refractivity (Wildman–Crippen MR) is 80.5 cm³/mol. The van der Waals surface area contributed by atoms with Crippen LogP contribution in [-0.4, -0.2) is 24.6 Å². The number of aromatic nitrogens is 5. The van der Waals surface area contributed by atoms with Gasteiger partial charge in [-0.05, 0) is 31.2 Å². The molecule has 0 atom stereocenters. The van der Waals surface area contributed by atoms with Crippen LogP contribution in [0.1, 0.15) is 5.82 Å². The van der Waals surface area contributed by atoms with Crippen LogP contribution in [0.5, 0.6) is 0 Å². The van der Waals surface area contributed by atoms with Gasteiger partial charge >= 0.3 is 0 Å². The average Bonchev–Trinajstić information content (AvgIpc) is 2.90. The maximum Gasteiger partial charge on any atom is 0.257 e. The molecule has 3 aromatic heterocycles. The highest BCUT2D eigenvalue weighted by molar-refractivity contribution is 5.92. The molecule has 0 saturated carbocycles. The molecule has 0 saturated heterocycles. The van der Waals surface area contributed by atoms with Crippen molar-refractivity contribution >= 4 is 28.3 Å². The first-order chi connectivity index (χ1) is 10.3. The highest BCUT2D eigenvalue weighted by atomic mass is 15.3. The summed E-state index contributed by atoms with van der Waals surface area (Å²) in [6, 6.07) is 13.7. The molecule has 6 nitrogen and oxygen atoms in total. The number of hydrogen-bond donors (Lipinski definition) is 1. The number of rotatable bonds is 2. The summed E-state index contributed by atoms with van der Waals surface area (Å²) in [4.78, 5) is 8.83. The lowest BCUT2D eigenvalue weighted by molar-refractivity contribution is 1.02. The lowest BCUT2D eigenvalue weighted by atomic mass is 10.2. The Kier molecular flexibility index (Phi) is 2.53. The summed E-state index contributed by atoms with van der Waals surface area (Å²) in [6.07, 6.45) is 1.74. The zero-order chi connectivity index (χ0) is 14.2. The summed E-state index contributed by atoms with van der Waals surface area (Å²) >= 11 is 0. The van der Waals surface area contributed by atoms with E-state index >= 15 is 0 Å². The van der Waals surface area contributed by atoms with Crippen molar-refractivity contribution in [3.05, 3.63) is 54.5 Å². The third kappa shape index (κ3) is 1.88. The van der Waals surface area contributed by atoms with E-state index < -0.39 is 0 Å². The van der Waals surface area contributed by atoms with Crippen LogP contribution in [0.2, 0.25) is 0 Å². The minimum atomic E-state index is 0.574. The van der Waals surface area contributed by atoms with Crippen LogP contribution >= 0.6 is 0 Å². The smallest absolute Gasteiger partial charge is 0.257 e. The maximum absolute atomic E-state index is 4.56. The van der Waals surface area contributed by atoms with Gasteiger partial charge in [-0.25, -0.2) is 4.98 Å². The normalized spacial score (nSPS) is 11.1. The van der Waals surface area contributed by atoms with Gasteiger partial charge in [0.1, 0.15) is 17.5 Å². The number of aryl methyl sites for hydroxylation is 1. The lowest BCUT2D eigenvalue weighted by Crippen LogP contribution is -2.01. The lowest BCUT2D eigenvalue weighted by Gasteiger charge is -2.09. The second-order valence-electron chi connectivity index (χ2n) is 4.70. The summed E-state index contributed by atoms with van der Waals surface area (Å²) in [5, 5.41) is 12.5. The van der Waals surface area contributed by atoms with Crippen molar-refractivity contribution in [1.82, 2.24) is 24.6 Å². The van der Waals surface area contributed by atoms with Crippen molar-refractivity contribution in [2.75, 3.05) is 5.32 Å². The molecule has 0 radical (unpaired) electrons. The molecule has 6 heteroatoms. The van der Waals surface area contributed by atoms with E-state index in [4.69, 9.17) is 0 Å². The molecule has 0 fully saturated rings. The third-order valence-electron chi connectivity index (χ3n) is 3.33. The van der Waals surface area contributed by atoms with Crippen molar-refractivity contribution < 1.29 is 0 Å². The van der Waals surface area contributed by atoms with Crippen LogP contribution in [0.4, 0.5) is 11.6 Å². The van der Waals surface area contributed by atoms with E-state index in [1.54, 1.807) is 6.20 Å². The van der Waals surface area contributed by atoms with E-state index in [9.17, 15) is 0 Å². The molecule has 0 spiro atoms. The summed E-state index contributed by atoms with van der Waals surface area (Å²) in [5.74, 6) is 2.86. The predicted octanol–water partition coefficient (Wildman–Crippen LogP) is 2.72. The van der Waals surface area contributed by atoms with Gasteiger partial charge in [0.05, 0.1) is 5.52 Å². The van der Waals surface area contributed by atoms with Crippen LogP contribution in [-0.2, 0) is 0 Å². The highest BCUT2D eigenvalue weighted by Crippen LogP contribution is 2.25. The van der Waals surface area contributed by atoms with Gasteiger partial charge in [-0.1, -0.05) is 18.2 Å². The fraction of sp³-hybridized carbons (Fsp3) is 0.0667. The number of nitrogens with zero attached hydrogens (tertiary/aromatic N) is 5. The Bertz CT molecular complexity index is 929. The van der Waals surface area contributed by atoms with Crippen LogP contribution in [0.3, 0.4) is 0 Å². The van der Waals surface area contributed by atoms with Gasteiger partial charge in [-0.2, -0.15) is 4.98 Å². The number of anilines is 2. The largest absolute Gasteiger partial charge is 0.324 e. The second kappa shape index (κ2) is 4.52. The topological polar surface area (TPSA) is 68.0 Å². The monoisotopic (exact) mass is 276 g/mol. The molecule has 0 unspecified atom stereocenters. The van der Waals surface area contributed by atoms with Gasteiger partial charge in [-0.3, -0.25) is 4.40 Å². The molecule has 0 bridgehead atoms. The van der Waals surface area contributed by atoms with Gasteiger partial charge in [0.25, 0.3) is 5.78 Å². The van der Waals surface area contributed by atoms with Gasteiger partial charge in [0.15, 0.2) is 0 Å². The SMILES string of the molecule is Cc1nnc2nc(Nc3ccccn3)c3ccccc3n12. The summed E-state index contributed by atoms with van der Waals surface area (Å²) in [5.41, 5.74) is 1.02. The molecule has 0 aliphatic heterocycles.